The van der Waals surface area contributed by atoms with E-state index in [1.165, 1.54) is 12.1 Å². The van der Waals surface area contributed by atoms with E-state index in [9.17, 15) is 18.7 Å². The van der Waals surface area contributed by atoms with Gasteiger partial charge in [-0.1, -0.05) is 23.7 Å². The number of carboxylic acid groups (broad SMARTS) is 1. The minimum atomic E-state index is -3.90. The first-order chi connectivity index (χ1) is 6.85. The summed E-state index contributed by atoms with van der Waals surface area (Å²) in [5, 5.41) is 19.1. The number of rotatable bonds is 3. The Morgan fingerprint density at radius 3 is 2.27 bits per heavy atom. The molecule has 15 heavy (non-hydrogen) atoms. The van der Waals surface area contributed by atoms with Crippen molar-refractivity contribution in [2.75, 3.05) is 0 Å². The van der Waals surface area contributed by atoms with Crippen LogP contribution in [0.4, 0.5) is 8.78 Å². The average molecular weight is 236 g/mol. The van der Waals surface area contributed by atoms with Gasteiger partial charge >= 0.3 is 5.92 Å². The smallest absolute Gasteiger partial charge is 0.303 e. The maximum atomic E-state index is 13.2. The fraction of sp³-hybridized carbons (Fsp3) is 0.222. The van der Waals surface area contributed by atoms with Gasteiger partial charge in [-0.15, -0.1) is 0 Å². The molecule has 0 saturated carbocycles. The second kappa shape index (κ2) is 4.12. The lowest BCUT2D eigenvalue weighted by Gasteiger charge is -2.23. The lowest BCUT2D eigenvalue weighted by Crippen LogP contribution is -2.45. The average Bonchev–Trinajstić information content (AvgIpc) is 2.17. The van der Waals surface area contributed by atoms with Gasteiger partial charge in [0, 0.05) is 10.6 Å². The van der Waals surface area contributed by atoms with Crippen LogP contribution < -0.4 is 5.11 Å². The SMILES string of the molecule is O=C([O-])[C@H](O)C(F)(F)c1ccc(Cl)cc1. The van der Waals surface area contributed by atoms with Gasteiger partial charge in [0.15, 0.2) is 6.10 Å². The Hall–Kier alpha value is -1.20. The van der Waals surface area contributed by atoms with Gasteiger partial charge in [-0.2, -0.15) is 8.78 Å². The molecule has 0 bridgehead atoms. The zero-order valence-electron chi connectivity index (χ0n) is 7.28. The highest BCUT2D eigenvalue weighted by molar-refractivity contribution is 6.30. The molecule has 0 aliphatic carbocycles. The van der Waals surface area contributed by atoms with E-state index >= 15 is 0 Å². The molecule has 0 spiro atoms. The van der Waals surface area contributed by atoms with Crippen LogP contribution in [0, 0.1) is 0 Å². The van der Waals surface area contributed by atoms with Crippen molar-refractivity contribution in [2.24, 2.45) is 0 Å². The second-order valence-corrected chi connectivity index (χ2v) is 3.29. The molecule has 0 aliphatic rings. The number of carbonyl (C=O) groups excluding carboxylic acids is 1. The Kier molecular flexibility index (Phi) is 3.26. The normalized spacial score (nSPS) is 13.6. The number of aliphatic hydroxyl groups excluding tert-OH is 1. The first kappa shape index (κ1) is 11.9. The number of halogens is 3. The summed E-state index contributed by atoms with van der Waals surface area (Å²) in [5.74, 6) is -6.13. The topological polar surface area (TPSA) is 60.4 Å². The predicted octanol–water partition coefficient (Wildman–Crippen LogP) is 0.543. The number of benzene rings is 1. The minimum Gasteiger partial charge on any atom is -0.547 e. The Morgan fingerprint density at radius 1 is 1.40 bits per heavy atom. The van der Waals surface area contributed by atoms with Gasteiger partial charge in [-0.05, 0) is 12.1 Å². The summed E-state index contributed by atoms with van der Waals surface area (Å²) in [7, 11) is 0. The number of hydrogen-bond acceptors (Lipinski definition) is 3. The van der Waals surface area contributed by atoms with Crippen molar-refractivity contribution >= 4 is 17.6 Å². The number of hydrogen-bond donors (Lipinski definition) is 1. The highest BCUT2D eigenvalue weighted by Gasteiger charge is 2.41. The van der Waals surface area contributed by atoms with E-state index < -0.39 is 23.6 Å². The van der Waals surface area contributed by atoms with Gasteiger partial charge < -0.3 is 15.0 Å². The van der Waals surface area contributed by atoms with E-state index in [0.29, 0.717) is 0 Å². The minimum absolute atomic E-state index is 0.234. The fourth-order valence-corrected chi connectivity index (χ4v) is 1.10. The van der Waals surface area contributed by atoms with Gasteiger partial charge in [0.25, 0.3) is 0 Å². The Morgan fingerprint density at radius 2 is 1.87 bits per heavy atom. The van der Waals surface area contributed by atoms with Crippen molar-refractivity contribution in [1.29, 1.82) is 0 Å². The van der Waals surface area contributed by atoms with Gasteiger partial charge in [0.05, 0.1) is 5.97 Å². The molecule has 0 amide bonds. The number of aliphatic hydroxyl groups is 1. The van der Waals surface area contributed by atoms with Crippen LogP contribution in [0.15, 0.2) is 24.3 Å². The van der Waals surface area contributed by atoms with E-state index in [-0.39, 0.29) is 5.02 Å². The van der Waals surface area contributed by atoms with Gasteiger partial charge in [-0.25, -0.2) is 0 Å². The van der Waals surface area contributed by atoms with Gasteiger partial charge in [0.1, 0.15) is 0 Å². The molecule has 0 radical (unpaired) electrons. The molecule has 0 aromatic heterocycles. The zero-order chi connectivity index (χ0) is 11.6. The number of carboxylic acids is 1. The van der Waals surface area contributed by atoms with Crippen molar-refractivity contribution in [3.05, 3.63) is 34.9 Å². The Labute approximate surface area is 88.9 Å². The lowest BCUT2D eigenvalue weighted by atomic mass is 10.0. The Balaban J connectivity index is 3.05. The second-order valence-electron chi connectivity index (χ2n) is 2.85. The van der Waals surface area contributed by atoms with E-state index in [1.807, 2.05) is 0 Å². The van der Waals surface area contributed by atoms with Crippen molar-refractivity contribution in [3.63, 3.8) is 0 Å². The third-order valence-corrected chi connectivity index (χ3v) is 2.05. The summed E-state index contributed by atoms with van der Waals surface area (Å²) in [5.41, 5.74) is -0.636. The predicted molar refractivity (Wildman–Crippen MR) is 46.4 cm³/mol. The molecule has 82 valence electrons. The van der Waals surface area contributed by atoms with E-state index in [1.54, 1.807) is 0 Å². The summed E-state index contributed by atoms with van der Waals surface area (Å²) in [6.45, 7) is 0. The van der Waals surface area contributed by atoms with E-state index in [4.69, 9.17) is 16.7 Å². The van der Waals surface area contributed by atoms with Crippen LogP contribution in [0.2, 0.25) is 5.02 Å². The van der Waals surface area contributed by atoms with Crippen LogP contribution in [-0.2, 0) is 10.7 Å². The standard InChI is InChI=1S/C9H7ClF2O3/c10-6-3-1-5(2-4-6)9(11,12)7(13)8(14)15/h1-4,7,13H,(H,14,15)/p-1/t7-/m0/s1. The largest absolute Gasteiger partial charge is 0.547 e. The molecule has 1 N–H and O–H groups in total. The van der Waals surface area contributed by atoms with Crippen molar-refractivity contribution in [1.82, 2.24) is 0 Å². The van der Waals surface area contributed by atoms with E-state index in [2.05, 4.69) is 0 Å². The third-order valence-electron chi connectivity index (χ3n) is 1.80. The first-order valence-corrected chi connectivity index (χ1v) is 4.26. The number of alkyl halides is 2. The maximum Gasteiger partial charge on any atom is 0.303 e. The maximum absolute atomic E-state index is 13.2. The molecule has 0 aliphatic heterocycles. The van der Waals surface area contributed by atoms with Crippen LogP contribution in [0.5, 0.6) is 0 Å². The highest BCUT2D eigenvalue weighted by Crippen LogP contribution is 2.32. The van der Waals surface area contributed by atoms with Crippen LogP contribution >= 0.6 is 11.6 Å². The monoisotopic (exact) mass is 235 g/mol. The molecule has 3 nitrogen and oxygen atoms in total. The molecule has 1 aromatic rings. The third kappa shape index (κ3) is 2.43. The van der Waals surface area contributed by atoms with Crippen LogP contribution in [0.3, 0.4) is 0 Å². The molecule has 1 atom stereocenters. The van der Waals surface area contributed by atoms with Crippen molar-refractivity contribution < 1.29 is 23.8 Å². The molecule has 1 aromatic carbocycles. The molecule has 1 rings (SSSR count). The van der Waals surface area contributed by atoms with Crippen LogP contribution in [0.25, 0.3) is 0 Å². The number of aliphatic carboxylic acids is 1. The molecular formula is C9H6ClF2O3-. The summed E-state index contributed by atoms with van der Waals surface area (Å²) in [6.07, 6.45) is -2.88. The summed E-state index contributed by atoms with van der Waals surface area (Å²) in [4.78, 5) is 10.1. The van der Waals surface area contributed by atoms with E-state index in [0.717, 1.165) is 12.1 Å². The molecular weight excluding hydrogens is 230 g/mol. The first-order valence-electron chi connectivity index (χ1n) is 3.88. The lowest BCUT2D eigenvalue weighted by molar-refractivity contribution is -0.325. The van der Waals surface area contributed by atoms with Gasteiger partial charge in [-0.3, -0.25) is 0 Å². The van der Waals surface area contributed by atoms with Crippen LogP contribution in [-0.4, -0.2) is 17.2 Å². The quantitative estimate of drug-likeness (QED) is 0.832. The van der Waals surface area contributed by atoms with Crippen LogP contribution in [0.1, 0.15) is 5.56 Å². The van der Waals surface area contributed by atoms with Gasteiger partial charge in [0.2, 0.25) is 0 Å². The summed E-state index contributed by atoms with van der Waals surface area (Å²) < 4.78 is 26.4. The molecule has 0 saturated heterocycles. The molecule has 0 fully saturated rings. The highest BCUT2D eigenvalue weighted by atomic mass is 35.5. The number of carbonyl (C=O) groups is 1. The zero-order valence-corrected chi connectivity index (χ0v) is 8.04. The van der Waals surface area contributed by atoms with Crippen molar-refractivity contribution in [3.8, 4) is 0 Å². The molecule has 0 heterocycles. The Bertz CT molecular complexity index is 364. The molecule has 0 unspecified atom stereocenters. The summed E-state index contributed by atoms with van der Waals surface area (Å²) >= 11 is 5.47. The van der Waals surface area contributed by atoms with Crippen molar-refractivity contribution in [2.45, 2.75) is 12.0 Å². The summed E-state index contributed by atoms with van der Waals surface area (Å²) in [6, 6.07) is 4.22. The fourth-order valence-electron chi connectivity index (χ4n) is 0.978. The molecule has 6 heteroatoms.